The molecule has 0 radical (unpaired) electrons. The maximum atomic E-state index is 13.2. The van der Waals surface area contributed by atoms with Gasteiger partial charge >= 0.3 is 0 Å². The van der Waals surface area contributed by atoms with Crippen molar-refractivity contribution in [2.75, 3.05) is 43.4 Å². The molecule has 2 heterocycles. The second-order valence-electron chi connectivity index (χ2n) is 5.52. The Morgan fingerprint density at radius 3 is 2.70 bits per heavy atom. The van der Waals surface area contributed by atoms with E-state index >= 15 is 0 Å². The molecule has 0 saturated carbocycles. The number of anilines is 2. The molecule has 1 amide bonds. The zero-order valence-electron chi connectivity index (χ0n) is 12.9. The highest BCUT2D eigenvalue weighted by Crippen LogP contribution is 2.15. The molecule has 0 spiro atoms. The van der Waals surface area contributed by atoms with Gasteiger partial charge in [-0.1, -0.05) is 6.07 Å². The average molecular weight is 315 g/mol. The van der Waals surface area contributed by atoms with Crippen molar-refractivity contribution in [3.63, 3.8) is 0 Å². The lowest BCUT2D eigenvalue weighted by molar-refractivity contribution is 0.102. The summed E-state index contributed by atoms with van der Waals surface area (Å²) in [6.07, 6.45) is 1.38. The highest BCUT2D eigenvalue weighted by Gasteiger charge is 2.17. The monoisotopic (exact) mass is 315 g/mol. The Morgan fingerprint density at radius 2 is 1.96 bits per heavy atom. The number of halogens is 1. The molecule has 1 N–H and O–H groups in total. The first-order chi connectivity index (χ1) is 11.1. The largest absolute Gasteiger partial charge is 0.354 e. The lowest BCUT2D eigenvalue weighted by atomic mass is 10.2. The molecule has 1 aliphatic rings. The molecule has 1 aromatic carbocycles. The van der Waals surface area contributed by atoms with E-state index < -0.39 is 5.82 Å². The minimum Gasteiger partial charge on any atom is -0.354 e. The number of carbonyl (C=O) groups is 1. The third-order valence-corrected chi connectivity index (χ3v) is 3.80. The number of hydrogen-bond acceptors (Lipinski definition) is 5. The van der Waals surface area contributed by atoms with E-state index in [1.165, 1.54) is 18.5 Å². The van der Waals surface area contributed by atoms with Crippen molar-refractivity contribution >= 4 is 17.4 Å². The zero-order chi connectivity index (χ0) is 16.2. The third-order valence-electron chi connectivity index (χ3n) is 3.80. The van der Waals surface area contributed by atoms with Gasteiger partial charge in [-0.3, -0.25) is 4.79 Å². The van der Waals surface area contributed by atoms with Crippen LogP contribution in [-0.4, -0.2) is 54.0 Å². The number of piperazine rings is 1. The van der Waals surface area contributed by atoms with Gasteiger partial charge in [0.05, 0.1) is 0 Å². The first kappa shape index (κ1) is 15.4. The summed E-state index contributed by atoms with van der Waals surface area (Å²) in [5.74, 6) is -0.0468. The molecule has 0 bridgehead atoms. The maximum absolute atomic E-state index is 13.2. The molecule has 1 saturated heterocycles. The van der Waals surface area contributed by atoms with Gasteiger partial charge in [0.25, 0.3) is 5.91 Å². The van der Waals surface area contributed by atoms with E-state index in [-0.39, 0.29) is 11.6 Å². The summed E-state index contributed by atoms with van der Waals surface area (Å²) in [5, 5.41) is 2.64. The van der Waals surface area contributed by atoms with Crippen molar-refractivity contribution in [2.45, 2.75) is 0 Å². The summed E-state index contributed by atoms with van der Waals surface area (Å²) in [5.41, 5.74) is 0.660. The first-order valence-corrected chi connectivity index (χ1v) is 7.44. The van der Waals surface area contributed by atoms with Crippen LogP contribution >= 0.6 is 0 Å². The van der Waals surface area contributed by atoms with Gasteiger partial charge in [-0.05, 0) is 25.2 Å². The SMILES string of the molecule is CN1CCN(c2cc(C(=O)Nc3cccc(F)c3)ncn2)CC1. The number of hydrogen-bond donors (Lipinski definition) is 1. The zero-order valence-corrected chi connectivity index (χ0v) is 12.9. The average Bonchev–Trinajstić information content (AvgIpc) is 2.56. The Bertz CT molecular complexity index is 700. The lowest BCUT2D eigenvalue weighted by Crippen LogP contribution is -2.44. The summed E-state index contributed by atoms with van der Waals surface area (Å²) in [7, 11) is 2.08. The normalized spacial score (nSPS) is 15.5. The molecule has 1 fully saturated rings. The molecule has 0 unspecified atom stereocenters. The van der Waals surface area contributed by atoms with Crippen LogP contribution < -0.4 is 10.2 Å². The standard InChI is InChI=1S/C16H18FN5O/c1-21-5-7-22(8-6-21)15-10-14(18-11-19-15)16(23)20-13-4-2-3-12(17)9-13/h2-4,9-11H,5-8H2,1H3,(H,20,23). The maximum Gasteiger partial charge on any atom is 0.274 e. The fraction of sp³-hybridized carbons (Fsp3) is 0.312. The number of nitrogens with one attached hydrogen (secondary N) is 1. The van der Waals surface area contributed by atoms with Gasteiger partial charge < -0.3 is 15.1 Å². The lowest BCUT2D eigenvalue weighted by Gasteiger charge is -2.33. The van der Waals surface area contributed by atoms with Crippen LogP contribution in [0.2, 0.25) is 0 Å². The van der Waals surface area contributed by atoms with Crippen LogP contribution in [0.15, 0.2) is 36.7 Å². The minimum atomic E-state index is -0.399. The Balaban J connectivity index is 1.72. The van der Waals surface area contributed by atoms with Gasteiger partial charge in [0, 0.05) is 37.9 Å². The van der Waals surface area contributed by atoms with E-state index in [2.05, 4.69) is 32.1 Å². The molecule has 7 heteroatoms. The molecular formula is C16H18FN5O. The van der Waals surface area contributed by atoms with Gasteiger partial charge in [0.1, 0.15) is 23.7 Å². The van der Waals surface area contributed by atoms with E-state index in [1.807, 2.05) is 0 Å². The predicted molar refractivity (Wildman–Crippen MR) is 86.1 cm³/mol. The van der Waals surface area contributed by atoms with Crippen molar-refractivity contribution in [2.24, 2.45) is 0 Å². The molecule has 6 nitrogen and oxygen atoms in total. The van der Waals surface area contributed by atoms with Gasteiger partial charge in [-0.25, -0.2) is 14.4 Å². The summed E-state index contributed by atoms with van der Waals surface area (Å²) in [4.78, 5) is 24.9. The molecule has 120 valence electrons. The topological polar surface area (TPSA) is 61.4 Å². The van der Waals surface area contributed by atoms with Crippen molar-refractivity contribution in [1.29, 1.82) is 0 Å². The molecule has 1 aliphatic heterocycles. The van der Waals surface area contributed by atoms with Crippen LogP contribution in [0.3, 0.4) is 0 Å². The second-order valence-corrected chi connectivity index (χ2v) is 5.52. The molecule has 2 aromatic rings. The van der Waals surface area contributed by atoms with Crippen LogP contribution in [-0.2, 0) is 0 Å². The molecule has 0 aliphatic carbocycles. The van der Waals surface area contributed by atoms with E-state index in [0.29, 0.717) is 5.69 Å². The Kier molecular flexibility index (Phi) is 4.47. The highest BCUT2D eigenvalue weighted by atomic mass is 19.1. The summed E-state index contributed by atoms with van der Waals surface area (Å²) in [6.45, 7) is 3.63. The fourth-order valence-corrected chi connectivity index (χ4v) is 2.44. The molecular weight excluding hydrogens is 297 g/mol. The number of benzene rings is 1. The third kappa shape index (κ3) is 3.81. The number of aromatic nitrogens is 2. The first-order valence-electron chi connectivity index (χ1n) is 7.44. The summed E-state index contributed by atoms with van der Waals surface area (Å²) in [6, 6.07) is 7.43. The van der Waals surface area contributed by atoms with Gasteiger partial charge in [0.15, 0.2) is 0 Å². The number of nitrogens with zero attached hydrogens (tertiary/aromatic N) is 4. The van der Waals surface area contributed by atoms with Crippen molar-refractivity contribution in [3.05, 3.63) is 48.2 Å². The quantitative estimate of drug-likeness (QED) is 0.932. The van der Waals surface area contributed by atoms with Crippen LogP contribution in [0.1, 0.15) is 10.5 Å². The van der Waals surface area contributed by atoms with Crippen LogP contribution in [0.4, 0.5) is 15.9 Å². The van der Waals surface area contributed by atoms with E-state index in [4.69, 9.17) is 0 Å². The Morgan fingerprint density at radius 1 is 1.17 bits per heavy atom. The van der Waals surface area contributed by atoms with Crippen LogP contribution in [0, 0.1) is 5.82 Å². The van der Waals surface area contributed by atoms with Crippen LogP contribution in [0.25, 0.3) is 0 Å². The predicted octanol–water partition coefficient (Wildman–Crippen LogP) is 1.62. The summed E-state index contributed by atoms with van der Waals surface area (Å²) < 4.78 is 13.2. The van der Waals surface area contributed by atoms with Crippen molar-refractivity contribution < 1.29 is 9.18 Å². The number of amides is 1. The second kappa shape index (κ2) is 6.70. The fourth-order valence-electron chi connectivity index (χ4n) is 2.44. The minimum absolute atomic E-state index is 0.262. The van der Waals surface area contributed by atoms with E-state index in [1.54, 1.807) is 18.2 Å². The molecule has 3 rings (SSSR count). The van der Waals surface area contributed by atoms with Gasteiger partial charge in [-0.2, -0.15) is 0 Å². The summed E-state index contributed by atoms with van der Waals surface area (Å²) >= 11 is 0. The Hall–Kier alpha value is -2.54. The van der Waals surface area contributed by atoms with Crippen molar-refractivity contribution in [1.82, 2.24) is 14.9 Å². The Labute approximate surface area is 134 Å². The molecule has 1 aromatic heterocycles. The van der Waals surface area contributed by atoms with Crippen LogP contribution in [0.5, 0.6) is 0 Å². The van der Waals surface area contributed by atoms with Gasteiger partial charge in [0.2, 0.25) is 0 Å². The van der Waals surface area contributed by atoms with E-state index in [0.717, 1.165) is 32.0 Å². The van der Waals surface area contributed by atoms with Crippen molar-refractivity contribution in [3.8, 4) is 0 Å². The highest BCUT2D eigenvalue weighted by molar-refractivity contribution is 6.03. The molecule has 0 atom stereocenters. The van der Waals surface area contributed by atoms with Gasteiger partial charge in [-0.15, -0.1) is 0 Å². The van der Waals surface area contributed by atoms with E-state index in [9.17, 15) is 9.18 Å². The number of likely N-dealkylation sites (N-methyl/N-ethyl adjacent to an activating group) is 1. The smallest absolute Gasteiger partial charge is 0.274 e. The number of rotatable bonds is 3. The molecule has 23 heavy (non-hydrogen) atoms. The number of carbonyl (C=O) groups excluding carboxylic acids is 1.